The Hall–Kier alpha value is -3.26. The van der Waals surface area contributed by atoms with Crippen molar-refractivity contribution in [1.82, 2.24) is 20.4 Å². The molecule has 2 atom stereocenters. The van der Waals surface area contributed by atoms with Gasteiger partial charge in [-0.05, 0) is 76.1 Å². The van der Waals surface area contributed by atoms with Gasteiger partial charge in [0.2, 0.25) is 17.6 Å². The van der Waals surface area contributed by atoms with Crippen molar-refractivity contribution in [3.63, 3.8) is 0 Å². The van der Waals surface area contributed by atoms with Crippen molar-refractivity contribution in [3.8, 4) is 17.1 Å². The number of benzene rings is 2. The molecule has 1 N–H and O–H groups in total. The van der Waals surface area contributed by atoms with E-state index in [0.29, 0.717) is 30.4 Å². The Labute approximate surface area is 204 Å². The van der Waals surface area contributed by atoms with Crippen molar-refractivity contribution < 1.29 is 18.4 Å². The number of rotatable bonds is 5. The zero-order valence-corrected chi connectivity index (χ0v) is 20.4. The quantitative estimate of drug-likeness (QED) is 0.567. The maximum absolute atomic E-state index is 13.3. The number of carbonyl (C=O) groups is 1. The first kappa shape index (κ1) is 23.5. The van der Waals surface area contributed by atoms with Crippen LogP contribution in [-0.2, 0) is 11.3 Å². The van der Waals surface area contributed by atoms with Gasteiger partial charge < -0.3 is 14.6 Å². The molecule has 1 fully saturated rings. The Balaban J connectivity index is 1.23. The second-order valence-corrected chi connectivity index (χ2v) is 10.3. The molecule has 1 amide bonds. The number of likely N-dealkylation sites (tertiary alicyclic amines) is 1. The molecule has 0 radical (unpaired) electrons. The smallest absolute Gasteiger partial charge is 0.241 e. The van der Waals surface area contributed by atoms with E-state index in [4.69, 9.17) is 9.26 Å². The molecule has 3 aromatic rings. The number of fused-ring (bicyclic) bond motifs is 1. The number of amides is 1. The molecule has 1 aromatic heterocycles. The second kappa shape index (κ2) is 9.41. The Bertz CT molecular complexity index is 1210. The molecule has 35 heavy (non-hydrogen) atoms. The van der Waals surface area contributed by atoms with Crippen LogP contribution in [0.3, 0.4) is 0 Å². The van der Waals surface area contributed by atoms with E-state index in [-0.39, 0.29) is 29.3 Å². The number of nitrogens with zero attached hydrogens (tertiary/aromatic N) is 3. The third kappa shape index (κ3) is 5.37. The minimum atomic E-state index is -0.350. The summed E-state index contributed by atoms with van der Waals surface area (Å²) < 4.78 is 24.8. The van der Waals surface area contributed by atoms with Crippen LogP contribution in [0.4, 0.5) is 4.39 Å². The molecule has 7 nitrogen and oxygen atoms in total. The van der Waals surface area contributed by atoms with Gasteiger partial charge in [0.15, 0.2) is 0 Å². The number of nitrogens with one attached hydrogen (secondary N) is 1. The summed E-state index contributed by atoms with van der Waals surface area (Å²) in [5.41, 5.74) is 2.53. The van der Waals surface area contributed by atoms with E-state index < -0.39 is 0 Å². The minimum absolute atomic E-state index is 0.0708. The Kier molecular flexibility index (Phi) is 6.32. The van der Waals surface area contributed by atoms with Crippen LogP contribution in [0.25, 0.3) is 11.4 Å². The van der Waals surface area contributed by atoms with E-state index >= 15 is 0 Å². The molecule has 2 aromatic carbocycles. The van der Waals surface area contributed by atoms with Gasteiger partial charge in [-0.15, -0.1) is 0 Å². The molecule has 2 unspecified atom stereocenters. The largest absolute Gasteiger partial charge is 0.487 e. The lowest BCUT2D eigenvalue weighted by Crippen LogP contribution is -2.46. The first-order chi connectivity index (χ1) is 16.8. The predicted octanol–water partition coefficient (Wildman–Crippen LogP) is 4.81. The molecule has 5 rings (SSSR count). The first-order valence-electron chi connectivity index (χ1n) is 12.2. The molecule has 2 aliphatic rings. The molecule has 1 saturated heterocycles. The number of aryl methyl sites for hydroxylation is 1. The summed E-state index contributed by atoms with van der Waals surface area (Å²) in [6, 6.07) is 12.1. The molecule has 2 aliphatic heterocycles. The van der Waals surface area contributed by atoms with Crippen LogP contribution in [0.15, 0.2) is 47.0 Å². The van der Waals surface area contributed by atoms with Gasteiger partial charge in [0.25, 0.3) is 0 Å². The van der Waals surface area contributed by atoms with E-state index in [2.05, 4.69) is 46.3 Å². The number of aromatic nitrogens is 2. The van der Waals surface area contributed by atoms with Crippen LogP contribution < -0.4 is 10.1 Å². The lowest BCUT2D eigenvalue weighted by molar-refractivity contribution is -0.128. The first-order valence-corrected chi connectivity index (χ1v) is 12.2. The molecule has 8 heteroatoms. The lowest BCUT2D eigenvalue weighted by Gasteiger charge is -2.39. The Morgan fingerprint density at radius 3 is 2.83 bits per heavy atom. The molecule has 0 aliphatic carbocycles. The van der Waals surface area contributed by atoms with Crippen molar-refractivity contribution in [2.45, 2.75) is 58.2 Å². The van der Waals surface area contributed by atoms with Crippen LogP contribution in [0, 0.1) is 18.7 Å². The van der Waals surface area contributed by atoms with Crippen LogP contribution in [0.2, 0.25) is 0 Å². The minimum Gasteiger partial charge on any atom is -0.487 e. The summed E-state index contributed by atoms with van der Waals surface area (Å²) in [5, 5.41) is 7.33. The maximum Gasteiger partial charge on any atom is 0.241 e. The van der Waals surface area contributed by atoms with Gasteiger partial charge >= 0.3 is 0 Å². The molecule has 0 saturated carbocycles. The summed E-state index contributed by atoms with van der Waals surface area (Å²) in [7, 11) is 0. The maximum atomic E-state index is 13.3. The van der Waals surface area contributed by atoms with E-state index in [0.717, 1.165) is 42.7 Å². The number of hydrogen-bond acceptors (Lipinski definition) is 6. The third-order valence-electron chi connectivity index (χ3n) is 6.75. The molecule has 3 heterocycles. The number of halogens is 1. The van der Waals surface area contributed by atoms with E-state index in [1.54, 1.807) is 12.1 Å². The van der Waals surface area contributed by atoms with Gasteiger partial charge in [-0.25, -0.2) is 4.39 Å². The average molecular weight is 479 g/mol. The normalized spacial score (nSPS) is 21.7. The SMILES string of the molecule is Cc1ccc2c(c1)OC(C)(C)CC2NC(=O)C1CCCN(Cc2nc(-c3ccc(F)cc3)no2)C1. The third-order valence-corrected chi connectivity index (χ3v) is 6.75. The molecule has 184 valence electrons. The van der Waals surface area contributed by atoms with Gasteiger partial charge in [-0.3, -0.25) is 9.69 Å². The highest BCUT2D eigenvalue weighted by Crippen LogP contribution is 2.40. The lowest BCUT2D eigenvalue weighted by atomic mass is 9.88. The van der Waals surface area contributed by atoms with Crippen molar-refractivity contribution in [2.75, 3.05) is 13.1 Å². The number of hydrogen-bond donors (Lipinski definition) is 1. The van der Waals surface area contributed by atoms with E-state index in [1.807, 2.05) is 13.0 Å². The van der Waals surface area contributed by atoms with Crippen LogP contribution >= 0.6 is 0 Å². The van der Waals surface area contributed by atoms with Gasteiger partial charge in [-0.2, -0.15) is 4.98 Å². The summed E-state index contributed by atoms with van der Waals surface area (Å²) in [4.78, 5) is 19.9. The van der Waals surface area contributed by atoms with Gasteiger partial charge in [0, 0.05) is 24.1 Å². The predicted molar refractivity (Wildman–Crippen MR) is 129 cm³/mol. The zero-order valence-electron chi connectivity index (χ0n) is 20.4. The highest BCUT2D eigenvalue weighted by Gasteiger charge is 2.36. The number of carbonyl (C=O) groups excluding carboxylic acids is 1. The van der Waals surface area contributed by atoms with Crippen LogP contribution in [0.5, 0.6) is 5.75 Å². The summed E-state index contributed by atoms with van der Waals surface area (Å²) in [5.74, 6) is 1.43. The van der Waals surface area contributed by atoms with Crippen molar-refractivity contribution in [3.05, 3.63) is 65.3 Å². The molecular formula is C27H31FN4O3. The second-order valence-electron chi connectivity index (χ2n) is 10.3. The van der Waals surface area contributed by atoms with E-state index in [1.165, 1.54) is 12.1 Å². The monoisotopic (exact) mass is 478 g/mol. The van der Waals surface area contributed by atoms with Crippen LogP contribution in [-0.4, -0.2) is 39.6 Å². The van der Waals surface area contributed by atoms with Crippen molar-refractivity contribution >= 4 is 5.91 Å². The topological polar surface area (TPSA) is 80.5 Å². The number of piperidine rings is 1. The summed E-state index contributed by atoms with van der Waals surface area (Å²) in [6.07, 6.45) is 2.49. The highest BCUT2D eigenvalue weighted by molar-refractivity contribution is 5.79. The van der Waals surface area contributed by atoms with Gasteiger partial charge in [0.05, 0.1) is 18.5 Å². The molecule has 0 spiro atoms. The van der Waals surface area contributed by atoms with Gasteiger partial charge in [0.1, 0.15) is 17.2 Å². The van der Waals surface area contributed by atoms with E-state index in [9.17, 15) is 9.18 Å². The standard InChI is InChI=1S/C27H31FN4O3/c1-17-6-11-21-22(14-27(2,3)34-23(21)13-17)29-26(33)19-5-4-12-32(15-19)16-24-30-25(31-35-24)18-7-9-20(28)10-8-18/h6-11,13,19,22H,4-5,12,14-16H2,1-3H3,(H,29,33). The Morgan fingerprint density at radius 2 is 2.03 bits per heavy atom. The fourth-order valence-corrected chi connectivity index (χ4v) is 5.02. The highest BCUT2D eigenvalue weighted by atomic mass is 19.1. The number of ether oxygens (including phenoxy) is 1. The zero-order chi connectivity index (χ0) is 24.6. The molecular weight excluding hydrogens is 447 g/mol. The van der Waals surface area contributed by atoms with Crippen LogP contribution in [0.1, 0.15) is 56.2 Å². The van der Waals surface area contributed by atoms with Crippen molar-refractivity contribution in [2.24, 2.45) is 5.92 Å². The Morgan fingerprint density at radius 1 is 1.23 bits per heavy atom. The average Bonchev–Trinajstić information content (AvgIpc) is 3.27. The van der Waals surface area contributed by atoms with Gasteiger partial charge in [-0.1, -0.05) is 17.3 Å². The van der Waals surface area contributed by atoms with Crippen molar-refractivity contribution in [1.29, 1.82) is 0 Å². The summed E-state index contributed by atoms with van der Waals surface area (Å²) >= 11 is 0. The summed E-state index contributed by atoms with van der Waals surface area (Å²) in [6.45, 7) is 8.14. The molecule has 0 bridgehead atoms. The fraction of sp³-hybridized carbons (Fsp3) is 0.444. The fourth-order valence-electron chi connectivity index (χ4n) is 5.02.